The molecule has 0 saturated heterocycles. The van der Waals surface area contributed by atoms with Crippen LogP contribution < -0.4 is 4.74 Å². The van der Waals surface area contributed by atoms with Gasteiger partial charge >= 0.3 is 0 Å². The Morgan fingerprint density at radius 2 is 1.45 bits per heavy atom. The molecule has 0 spiro atoms. The number of nitro groups is 1. The van der Waals surface area contributed by atoms with Crippen LogP contribution in [0.4, 0.5) is 27.6 Å². The van der Waals surface area contributed by atoms with Crippen LogP contribution in [-0.4, -0.2) is 4.92 Å². The Morgan fingerprint density at radius 3 is 1.91 bits per heavy atom. The fourth-order valence-electron chi connectivity index (χ4n) is 1.49. The molecular weight excluding hydrogens is 381 g/mol. The van der Waals surface area contributed by atoms with Crippen LogP contribution in [0.2, 0.25) is 0 Å². The lowest BCUT2D eigenvalue weighted by Crippen LogP contribution is -2.04. The molecule has 0 N–H and O–H groups in total. The van der Waals surface area contributed by atoms with Crippen LogP contribution in [0.15, 0.2) is 22.7 Å². The van der Waals surface area contributed by atoms with E-state index in [9.17, 15) is 32.1 Å². The quantitative estimate of drug-likeness (QED) is 0.250. The van der Waals surface area contributed by atoms with Gasteiger partial charge in [0.05, 0.1) is 9.40 Å². The van der Waals surface area contributed by atoms with Crippen LogP contribution in [0, 0.1) is 39.2 Å². The van der Waals surface area contributed by atoms with E-state index < -0.39 is 39.8 Å². The molecule has 116 valence electrons. The van der Waals surface area contributed by atoms with Crippen LogP contribution in [0.25, 0.3) is 0 Å². The molecule has 0 fully saturated rings. The van der Waals surface area contributed by atoms with E-state index in [1.165, 1.54) is 0 Å². The molecule has 0 bridgehead atoms. The summed E-state index contributed by atoms with van der Waals surface area (Å²) < 4.78 is 70.3. The highest BCUT2D eigenvalue weighted by Gasteiger charge is 2.27. The summed E-state index contributed by atoms with van der Waals surface area (Å²) in [5.74, 6) is -12.8. The highest BCUT2D eigenvalue weighted by atomic mass is 79.9. The largest absolute Gasteiger partial charge is 0.451 e. The lowest BCUT2D eigenvalue weighted by molar-refractivity contribution is -0.385. The second-order valence-corrected chi connectivity index (χ2v) is 4.73. The summed E-state index contributed by atoms with van der Waals surface area (Å²) >= 11 is 2.82. The third kappa shape index (κ3) is 2.73. The highest BCUT2D eigenvalue weighted by molar-refractivity contribution is 9.10. The second kappa shape index (κ2) is 5.87. The molecule has 0 saturated carbocycles. The van der Waals surface area contributed by atoms with Crippen LogP contribution in [0.3, 0.4) is 0 Å². The molecule has 2 rings (SSSR count). The van der Waals surface area contributed by atoms with Gasteiger partial charge in [0.25, 0.3) is 5.69 Å². The number of hydrogen-bond donors (Lipinski definition) is 0. The van der Waals surface area contributed by atoms with Crippen molar-refractivity contribution in [1.29, 1.82) is 0 Å². The Morgan fingerprint density at radius 1 is 0.955 bits per heavy atom. The lowest BCUT2D eigenvalue weighted by atomic mass is 10.2. The maximum atomic E-state index is 13.4. The van der Waals surface area contributed by atoms with Gasteiger partial charge in [0, 0.05) is 12.1 Å². The van der Waals surface area contributed by atoms with Crippen molar-refractivity contribution >= 4 is 21.6 Å². The zero-order chi connectivity index (χ0) is 16.6. The predicted molar refractivity (Wildman–Crippen MR) is 67.1 cm³/mol. The van der Waals surface area contributed by atoms with E-state index in [4.69, 9.17) is 0 Å². The summed E-state index contributed by atoms with van der Waals surface area (Å²) in [6, 6.07) is 2.84. The molecule has 0 heterocycles. The van der Waals surface area contributed by atoms with Crippen molar-refractivity contribution in [1.82, 2.24) is 0 Å². The van der Waals surface area contributed by atoms with Gasteiger partial charge < -0.3 is 4.74 Å². The lowest BCUT2D eigenvalue weighted by Gasteiger charge is -2.10. The van der Waals surface area contributed by atoms with Gasteiger partial charge in [-0.2, -0.15) is 8.78 Å². The maximum absolute atomic E-state index is 13.4. The number of nitrogens with zero attached hydrogens (tertiary/aromatic N) is 1. The Balaban J connectivity index is 2.48. The van der Waals surface area contributed by atoms with Gasteiger partial charge in [-0.1, -0.05) is 0 Å². The monoisotopic (exact) mass is 383 g/mol. The van der Waals surface area contributed by atoms with Gasteiger partial charge in [-0.25, -0.2) is 13.2 Å². The minimum atomic E-state index is -2.31. The average molecular weight is 384 g/mol. The first kappa shape index (κ1) is 16.1. The number of halogens is 6. The number of nitro benzene ring substituents is 1. The Kier molecular flexibility index (Phi) is 4.31. The van der Waals surface area contributed by atoms with Gasteiger partial charge in [-0.05, 0) is 22.0 Å². The molecule has 0 atom stereocenters. The molecule has 0 amide bonds. The van der Waals surface area contributed by atoms with E-state index >= 15 is 0 Å². The first-order valence-electron chi connectivity index (χ1n) is 5.37. The van der Waals surface area contributed by atoms with E-state index in [0.29, 0.717) is 0 Å². The Bertz CT molecular complexity index is 755. The van der Waals surface area contributed by atoms with E-state index in [1.54, 1.807) is 0 Å². The minimum Gasteiger partial charge on any atom is -0.451 e. The fraction of sp³-hybridized carbons (Fsp3) is 0. The summed E-state index contributed by atoms with van der Waals surface area (Å²) in [7, 11) is 0. The van der Waals surface area contributed by atoms with Crippen molar-refractivity contribution in [3.8, 4) is 11.5 Å². The SMILES string of the molecule is O=[N+]([O-])c1ccc(Oc2c(F)c(F)c(F)c(F)c2F)cc1Br. The predicted octanol–water partition coefficient (Wildman–Crippen LogP) is 4.85. The highest BCUT2D eigenvalue weighted by Crippen LogP contribution is 2.35. The molecule has 2 aromatic rings. The molecule has 4 nitrogen and oxygen atoms in total. The van der Waals surface area contributed by atoms with Crippen molar-refractivity contribution < 1.29 is 31.6 Å². The number of rotatable bonds is 3. The third-order valence-corrected chi connectivity index (χ3v) is 3.14. The van der Waals surface area contributed by atoms with Gasteiger partial charge in [-0.15, -0.1) is 0 Å². The summed E-state index contributed by atoms with van der Waals surface area (Å²) in [5, 5.41) is 10.6. The summed E-state index contributed by atoms with van der Waals surface area (Å²) in [6.07, 6.45) is 0. The summed E-state index contributed by atoms with van der Waals surface area (Å²) in [5.41, 5.74) is -0.371. The first-order chi connectivity index (χ1) is 10.2. The van der Waals surface area contributed by atoms with Crippen LogP contribution in [0.1, 0.15) is 0 Å². The van der Waals surface area contributed by atoms with Crippen molar-refractivity contribution in [3.63, 3.8) is 0 Å². The van der Waals surface area contributed by atoms with Gasteiger partial charge in [0.15, 0.2) is 0 Å². The first-order valence-corrected chi connectivity index (χ1v) is 6.16. The number of ether oxygens (including phenoxy) is 1. The average Bonchev–Trinajstić information content (AvgIpc) is 2.47. The van der Waals surface area contributed by atoms with E-state index in [2.05, 4.69) is 20.7 Å². The number of hydrogen-bond acceptors (Lipinski definition) is 3. The maximum Gasteiger partial charge on any atom is 0.283 e. The molecule has 22 heavy (non-hydrogen) atoms. The topological polar surface area (TPSA) is 52.4 Å². The smallest absolute Gasteiger partial charge is 0.283 e. The molecule has 10 heteroatoms. The van der Waals surface area contributed by atoms with Crippen molar-refractivity contribution in [2.45, 2.75) is 0 Å². The minimum absolute atomic E-state index is 0.0983. The van der Waals surface area contributed by atoms with Gasteiger partial charge in [0.2, 0.25) is 34.8 Å². The molecule has 0 unspecified atom stereocenters. The van der Waals surface area contributed by atoms with Gasteiger partial charge in [0.1, 0.15) is 5.75 Å². The van der Waals surface area contributed by atoms with E-state index in [-0.39, 0.29) is 15.9 Å². The van der Waals surface area contributed by atoms with Crippen molar-refractivity contribution in [3.05, 3.63) is 61.9 Å². The Hall–Kier alpha value is -2.23. The Labute approximate surface area is 127 Å². The molecule has 0 aliphatic carbocycles. The molecular formula is C12H3BrF5NO3. The van der Waals surface area contributed by atoms with Crippen molar-refractivity contribution in [2.75, 3.05) is 0 Å². The van der Waals surface area contributed by atoms with Crippen molar-refractivity contribution in [2.24, 2.45) is 0 Å². The second-order valence-electron chi connectivity index (χ2n) is 3.87. The fourth-order valence-corrected chi connectivity index (χ4v) is 1.99. The summed E-state index contributed by atoms with van der Waals surface area (Å²) in [6.45, 7) is 0. The van der Waals surface area contributed by atoms with Gasteiger partial charge in [-0.3, -0.25) is 10.1 Å². The molecule has 0 aromatic heterocycles. The van der Waals surface area contributed by atoms with Crippen LogP contribution >= 0.6 is 15.9 Å². The standard InChI is InChI=1S/C12H3BrF5NO3/c13-5-3-4(1-2-6(5)19(20)21)22-12-10(17)8(15)7(14)9(16)11(12)18/h1-3H. The molecule has 0 aliphatic heterocycles. The normalized spacial score (nSPS) is 10.6. The third-order valence-electron chi connectivity index (χ3n) is 2.51. The van der Waals surface area contributed by atoms with Crippen LogP contribution in [-0.2, 0) is 0 Å². The zero-order valence-corrected chi connectivity index (χ0v) is 11.8. The zero-order valence-electron chi connectivity index (χ0n) is 10.2. The van der Waals surface area contributed by atoms with Crippen LogP contribution in [0.5, 0.6) is 11.5 Å². The molecule has 2 aromatic carbocycles. The molecule has 0 aliphatic rings. The van der Waals surface area contributed by atoms with E-state index in [1.807, 2.05) is 0 Å². The number of benzene rings is 2. The van der Waals surface area contributed by atoms with E-state index in [0.717, 1.165) is 18.2 Å². The summed E-state index contributed by atoms with van der Waals surface area (Å²) in [4.78, 5) is 9.86. The molecule has 0 radical (unpaired) electrons.